The average molecular weight is 493 g/mol. The summed E-state index contributed by atoms with van der Waals surface area (Å²) in [4.78, 5) is 30.6. The number of fused-ring (bicyclic) bond motifs is 4. The number of carbonyl (C=O) groups excluding carboxylic acids is 1. The first-order valence-electron chi connectivity index (χ1n) is 11.1. The highest BCUT2D eigenvalue weighted by Crippen LogP contribution is 2.37. The topological polar surface area (TPSA) is 92.6 Å². The summed E-state index contributed by atoms with van der Waals surface area (Å²) in [5.74, 6) is 0.108. The van der Waals surface area contributed by atoms with Crippen molar-refractivity contribution in [2.75, 3.05) is 18.6 Å². The number of alkyl halides is 3. The molecule has 0 atom stereocenters. The molecule has 3 heterocycles. The Morgan fingerprint density at radius 2 is 2.00 bits per heavy atom. The summed E-state index contributed by atoms with van der Waals surface area (Å²) in [5, 5.41) is 8.19. The number of ether oxygens (including phenoxy) is 1. The number of rotatable bonds is 4. The van der Waals surface area contributed by atoms with Crippen LogP contribution in [0.2, 0.25) is 0 Å². The van der Waals surface area contributed by atoms with E-state index in [4.69, 9.17) is 4.74 Å². The summed E-state index contributed by atoms with van der Waals surface area (Å²) in [6.07, 6.45) is 1.41. The predicted molar refractivity (Wildman–Crippen MR) is 126 cm³/mol. The third-order valence-corrected chi connectivity index (χ3v) is 6.46. The summed E-state index contributed by atoms with van der Waals surface area (Å²) < 4.78 is 46.4. The zero-order valence-corrected chi connectivity index (χ0v) is 18.9. The molecule has 11 heteroatoms. The maximum atomic E-state index is 13.7. The van der Waals surface area contributed by atoms with Gasteiger partial charge in [-0.3, -0.25) is 14.0 Å². The molecule has 0 saturated carbocycles. The SMILES string of the molecule is COCc1cc2c(cc1C(=O)N1CCc3cc(C(F)(F)F)ccc31)[nH]c(=O)c1nnc(C3=CC=C3)n12. The van der Waals surface area contributed by atoms with Crippen LogP contribution in [0.4, 0.5) is 18.9 Å². The molecule has 1 N–H and O–H groups in total. The van der Waals surface area contributed by atoms with E-state index in [-0.39, 0.29) is 24.4 Å². The maximum Gasteiger partial charge on any atom is 0.416 e. The van der Waals surface area contributed by atoms with Crippen LogP contribution in [-0.4, -0.2) is 39.1 Å². The number of H-pyrrole nitrogens is 1. The first-order chi connectivity index (χ1) is 17.3. The van der Waals surface area contributed by atoms with Gasteiger partial charge in [-0.05, 0) is 47.9 Å². The quantitative estimate of drug-likeness (QED) is 0.466. The molecule has 4 aromatic rings. The molecule has 1 amide bonds. The fraction of sp³-hybridized carbons (Fsp3) is 0.200. The van der Waals surface area contributed by atoms with Gasteiger partial charge in [-0.1, -0.05) is 18.2 Å². The normalized spacial score (nSPS) is 14.9. The molecule has 0 bridgehead atoms. The number of hydrogen-bond donors (Lipinski definition) is 1. The second-order valence-electron chi connectivity index (χ2n) is 8.63. The molecule has 36 heavy (non-hydrogen) atoms. The summed E-state index contributed by atoms with van der Waals surface area (Å²) in [5.41, 5.74) is 2.44. The van der Waals surface area contributed by atoms with Crippen molar-refractivity contribution in [2.24, 2.45) is 0 Å². The van der Waals surface area contributed by atoms with E-state index < -0.39 is 23.2 Å². The molecule has 1 aliphatic heterocycles. The highest BCUT2D eigenvalue weighted by atomic mass is 19.4. The minimum atomic E-state index is -4.46. The van der Waals surface area contributed by atoms with Crippen molar-refractivity contribution < 1.29 is 22.7 Å². The molecule has 2 aromatic heterocycles. The number of carbonyl (C=O) groups is 1. The van der Waals surface area contributed by atoms with E-state index in [0.717, 1.165) is 17.7 Å². The van der Waals surface area contributed by atoms with Crippen molar-refractivity contribution in [3.63, 3.8) is 0 Å². The third kappa shape index (κ3) is 3.34. The molecule has 0 fully saturated rings. The number of nitrogens with zero attached hydrogens (tertiary/aromatic N) is 4. The first-order valence-corrected chi connectivity index (χ1v) is 11.1. The van der Waals surface area contributed by atoms with Crippen LogP contribution in [-0.2, 0) is 23.9 Å². The van der Waals surface area contributed by atoms with E-state index in [1.54, 1.807) is 16.5 Å². The molecular weight excluding hydrogens is 475 g/mol. The summed E-state index contributed by atoms with van der Waals surface area (Å²) in [6, 6.07) is 6.71. The fourth-order valence-electron chi connectivity index (χ4n) is 4.69. The van der Waals surface area contributed by atoms with Gasteiger partial charge in [-0.25, -0.2) is 0 Å². The van der Waals surface area contributed by atoms with Crippen LogP contribution < -0.4 is 10.5 Å². The van der Waals surface area contributed by atoms with E-state index in [1.165, 1.54) is 18.1 Å². The molecule has 1 aliphatic carbocycles. The number of hydrogen-bond acceptors (Lipinski definition) is 5. The van der Waals surface area contributed by atoms with Crippen LogP contribution in [0.15, 0.2) is 53.4 Å². The highest BCUT2D eigenvalue weighted by Gasteiger charge is 2.34. The minimum absolute atomic E-state index is 0.103. The number of amides is 1. The predicted octanol–water partition coefficient (Wildman–Crippen LogP) is 3.89. The van der Waals surface area contributed by atoms with Crippen molar-refractivity contribution in [2.45, 2.75) is 19.2 Å². The zero-order valence-electron chi connectivity index (χ0n) is 18.9. The lowest BCUT2D eigenvalue weighted by molar-refractivity contribution is -0.137. The van der Waals surface area contributed by atoms with Crippen LogP contribution in [0.3, 0.4) is 0 Å². The zero-order chi connectivity index (χ0) is 25.2. The Morgan fingerprint density at radius 3 is 2.69 bits per heavy atom. The van der Waals surface area contributed by atoms with Gasteiger partial charge in [-0.2, -0.15) is 13.2 Å². The van der Waals surface area contributed by atoms with Crippen molar-refractivity contribution >= 4 is 33.8 Å². The Balaban J connectivity index is 1.49. The Hall–Kier alpha value is -4.25. The lowest BCUT2D eigenvalue weighted by Gasteiger charge is -2.20. The van der Waals surface area contributed by atoms with Crippen molar-refractivity contribution in [1.82, 2.24) is 19.6 Å². The second kappa shape index (κ2) is 7.89. The van der Waals surface area contributed by atoms with Gasteiger partial charge < -0.3 is 14.6 Å². The molecule has 6 rings (SSSR count). The van der Waals surface area contributed by atoms with Crippen LogP contribution >= 0.6 is 0 Å². The largest absolute Gasteiger partial charge is 0.416 e. The molecule has 0 spiro atoms. The second-order valence-corrected chi connectivity index (χ2v) is 8.63. The number of methoxy groups -OCH3 is 1. The van der Waals surface area contributed by atoms with E-state index in [2.05, 4.69) is 15.2 Å². The van der Waals surface area contributed by atoms with Gasteiger partial charge in [0, 0.05) is 30.5 Å². The van der Waals surface area contributed by atoms with Gasteiger partial charge in [0.2, 0.25) is 5.65 Å². The van der Waals surface area contributed by atoms with Crippen LogP contribution in [0, 0.1) is 0 Å². The smallest absolute Gasteiger partial charge is 0.380 e. The number of aromatic nitrogens is 4. The maximum absolute atomic E-state index is 13.7. The van der Waals surface area contributed by atoms with E-state index >= 15 is 0 Å². The van der Waals surface area contributed by atoms with Gasteiger partial charge in [0.25, 0.3) is 11.5 Å². The van der Waals surface area contributed by atoms with Crippen molar-refractivity contribution in [3.8, 4) is 0 Å². The number of halogens is 3. The van der Waals surface area contributed by atoms with Crippen molar-refractivity contribution in [3.05, 3.63) is 87.0 Å². The molecule has 0 unspecified atom stereocenters. The Kier molecular flexibility index (Phi) is 4.87. The number of benzene rings is 2. The molecule has 2 aliphatic rings. The van der Waals surface area contributed by atoms with Crippen LogP contribution in [0.1, 0.15) is 32.9 Å². The molecule has 182 valence electrons. The van der Waals surface area contributed by atoms with E-state index in [1.807, 2.05) is 18.2 Å². The number of anilines is 1. The van der Waals surface area contributed by atoms with E-state index in [9.17, 15) is 22.8 Å². The molecular formula is C25H18F3N5O3. The van der Waals surface area contributed by atoms with Gasteiger partial charge >= 0.3 is 6.18 Å². The molecule has 8 nitrogen and oxygen atoms in total. The molecule has 2 aromatic carbocycles. The van der Waals surface area contributed by atoms with Crippen LogP contribution in [0.5, 0.6) is 0 Å². The molecule has 0 saturated heterocycles. The summed E-state index contributed by atoms with van der Waals surface area (Å²) >= 11 is 0. The van der Waals surface area contributed by atoms with Crippen LogP contribution in [0.25, 0.3) is 22.3 Å². The third-order valence-electron chi connectivity index (χ3n) is 6.46. The number of nitrogens with one attached hydrogen (secondary N) is 1. The number of aromatic amines is 1. The standard InChI is InChI=1S/C25H18F3N5O3/c1-36-12-15-10-20-18(29-23(34)22-31-30-21(33(20)22)13-3-2-4-13)11-17(15)24(35)32-8-7-14-9-16(25(26,27)28)5-6-19(14)32/h2-6,9-11H,7-8,12H2,1H3,(H,29,34). The monoisotopic (exact) mass is 493 g/mol. The van der Waals surface area contributed by atoms with Crippen molar-refractivity contribution in [1.29, 1.82) is 0 Å². The average Bonchev–Trinajstić information content (AvgIpc) is 3.42. The Labute approximate surface area is 201 Å². The van der Waals surface area contributed by atoms with Gasteiger partial charge in [0.1, 0.15) is 0 Å². The highest BCUT2D eigenvalue weighted by molar-refractivity contribution is 6.09. The Bertz CT molecular complexity index is 1700. The fourth-order valence-corrected chi connectivity index (χ4v) is 4.69. The summed E-state index contributed by atoms with van der Waals surface area (Å²) in [6.45, 7) is 0.344. The lowest BCUT2D eigenvalue weighted by Crippen LogP contribution is -2.30. The van der Waals surface area contributed by atoms with E-state index in [0.29, 0.717) is 40.1 Å². The summed E-state index contributed by atoms with van der Waals surface area (Å²) in [7, 11) is 1.50. The Morgan fingerprint density at radius 1 is 1.19 bits per heavy atom. The van der Waals surface area contributed by atoms with Gasteiger partial charge in [0.05, 0.1) is 23.2 Å². The molecule has 0 radical (unpaired) electrons. The number of allylic oxidation sites excluding steroid dienone is 4. The van der Waals surface area contributed by atoms with Gasteiger partial charge in [0.15, 0.2) is 5.82 Å². The van der Waals surface area contributed by atoms with Gasteiger partial charge in [-0.15, -0.1) is 10.2 Å². The lowest BCUT2D eigenvalue weighted by atomic mass is 10.0. The first kappa shape index (κ1) is 22.2. The minimum Gasteiger partial charge on any atom is -0.380 e.